The van der Waals surface area contributed by atoms with Crippen molar-refractivity contribution in [2.24, 2.45) is 5.92 Å². The lowest BCUT2D eigenvalue weighted by Gasteiger charge is -2.23. The van der Waals surface area contributed by atoms with E-state index in [9.17, 15) is 9.59 Å². The van der Waals surface area contributed by atoms with Crippen LogP contribution in [0.3, 0.4) is 0 Å². The van der Waals surface area contributed by atoms with E-state index >= 15 is 0 Å². The summed E-state index contributed by atoms with van der Waals surface area (Å²) in [5.74, 6) is -0.348. The Morgan fingerprint density at radius 1 is 1.10 bits per heavy atom. The van der Waals surface area contributed by atoms with Gasteiger partial charge >= 0.3 is 0 Å². The fourth-order valence-corrected chi connectivity index (χ4v) is 3.96. The maximum Gasteiger partial charge on any atom is 0.254 e. The summed E-state index contributed by atoms with van der Waals surface area (Å²) in [5, 5.41) is 2.96. The molecule has 1 aromatic heterocycles. The van der Waals surface area contributed by atoms with E-state index in [1.54, 1.807) is 29.4 Å². The van der Waals surface area contributed by atoms with Gasteiger partial charge in [-0.3, -0.25) is 14.6 Å². The average Bonchev–Trinajstić information content (AvgIpc) is 2.96. The SMILES string of the molecule is Cc1ccccc1-c1cccc(C[C@H]2CN(C(=O)c3ccncc3)CCNC2=O)c1. The zero-order valence-corrected chi connectivity index (χ0v) is 17.0. The highest BCUT2D eigenvalue weighted by molar-refractivity contribution is 5.94. The molecule has 2 heterocycles. The molecule has 1 atom stereocenters. The highest BCUT2D eigenvalue weighted by Gasteiger charge is 2.28. The van der Waals surface area contributed by atoms with Crippen molar-refractivity contribution in [1.82, 2.24) is 15.2 Å². The summed E-state index contributed by atoms with van der Waals surface area (Å²) in [4.78, 5) is 31.3. The summed E-state index contributed by atoms with van der Waals surface area (Å²) in [6.07, 6.45) is 3.82. The number of aromatic nitrogens is 1. The largest absolute Gasteiger partial charge is 0.354 e. The van der Waals surface area contributed by atoms with Gasteiger partial charge in [-0.05, 0) is 47.7 Å². The van der Waals surface area contributed by atoms with Crippen molar-refractivity contribution in [1.29, 1.82) is 0 Å². The standard InChI is InChI=1S/C25H25N3O2/c1-18-5-2-3-8-23(18)21-7-4-6-19(15-21)16-22-17-28(14-13-27-24(22)29)25(30)20-9-11-26-12-10-20/h2-12,15,22H,13-14,16-17H2,1H3,(H,27,29)/t22-/m0/s1. The second-order valence-electron chi connectivity index (χ2n) is 7.69. The average molecular weight is 399 g/mol. The van der Waals surface area contributed by atoms with Crippen LogP contribution in [0.5, 0.6) is 0 Å². The minimum absolute atomic E-state index is 0.00123. The summed E-state index contributed by atoms with van der Waals surface area (Å²) in [6.45, 7) is 3.48. The fraction of sp³-hybridized carbons (Fsp3) is 0.240. The van der Waals surface area contributed by atoms with Crippen molar-refractivity contribution in [2.45, 2.75) is 13.3 Å². The maximum absolute atomic E-state index is 12.9. The zero-order chi connectivity index (χ0) is 20.9. The highest BCUT2D eigenvalue weighted by Crippen LogP contribution is 2.25. The normalized spacial score (nSPS) is 16.6. The predicted octanol–water partition coefficient (Wildman–Crippen LogP) is 3.49. The molecule has 0 aliphatic carbocycles. The second-order valence-corrected chi connectivity index (χ2v) is 7.69. The molecule has 4 rings (SSSR count). The lowest BCUT2D eigenvalue weighted by atomic mass is 9.94. The van der Waals surface area contributed by atoms with Crippen LogP contribution in [0.2, 0.25) is 0 Å². The molecule has 30 heavy (non-hydrogen) atoms. The van der Waals surface area contributed by atoms with Crippen molar-refractivity contribution >= 4 is 11.8 Å². The number of pyridine rings is 1. The van der Waals surface area contributed by atoms with Gasteiger partial charge in [-0.25, -0.2) is 0 Å². The smallest absolute Gasteiger partial charge is 0.254 e. The molecule has 0 spiro atoms. The first-order valence-corrected chi connectivity index (χ1v) is 10.2. The van der Waals surface area contributed by atoms with E-state index in [0.717, 1.165) is 11.1 Å². The van der Waals surface area contributed by atoms with Crippen LogP contribution in [0.15, 0.2) is 73.1 Å². The van der Waals surface area contributed by atoms with E-state index in [2.05, 4.69) is 47.6 Å². The van der Waals surface area contributed by atoms with Gasteiger partial charge in [0, 0.05) is 37.6 Å². The van der Waals surface area contributed by atoms with Crippen LogP contribution in [0.1, 0.15) is 21.5 Å². The van der Waals surface area contributed by atoms with Gasteiger partial charge in [0.1, 0.15) is 0 Å². The van der Waals surface area contributed by atoms with Gasteiger partial charge in [0.15, 0.2) is 0 Å². The number of amides is 2. The molecule has 1 aliphatic rings. The molecule has 0 saturated carbocycles. The first kappa shape index (κ1) is 19.8. The number of nitrogens with one attached hydrogen (secondary N) is 1. The zero-order valence-electron chi connectivity index (χ0n) is 17.0. The van der Waals surface area contributed by atoms with E-state index in [1.807, 2.05) is 18.2 Å². The van der Waals surface area contributed by atoms with Gasteiger partial charge in [-0.15, -0.1) is 0 Å². The molecule has 0 unspecified atom stereocenters. The number of hydrogen-bond acceptors (Lipinski definition) is 3. The number of rotatable bonds is 4. The fourth-order valence-electron chi connectivity index (χ4n) is 3.96. The van der Waals surface area contributed by atoms with E-state index in [-0.39, 0.29) is 17.7 Å². The van der Waals surface area contributed by atoms with E-state index in [0.29, 0.717) is 31.6 Å². The molecule has 0 bridgehead atoms. The molecule has 5 heteroatoms. The summed E-state index contributed by atoms with van der Waals surface area (Å²) < 4.78 is 0. The number of hydrogen-bond donors (Lipinski definition) is 1. The molecular formula is C25H25N3O2. The summed E-state index contributed by atoms with van der Waals surface area (Å²) >= 11 is 0. The third kappa shape index (κ3) is 4.40. The van der Waals surface area contributed by atoms with Gasteiger partial charge in [0.25, 0.3) is 5.91 Å². The number of carbonyl (C=O) groups is 2. The minimum Gasteiger partial charge on any atom is -0.354 e. The summed E-state index contributed by atoms with van der Waals surface area (Å²) in [7, 11) is 0. The Hall–Kier alpha value is -3.47. The molecule has 0 radical (unpaired) electrons. The molecule has 1 aliphatic heterocycles. The van der Waals surface area contributed by atoms with E-state index in [4.69, 9.17) is 0 Å². The Kier molecular flexibility index (Phi) is 5.89. The number of carbonyl (C=O) groups excluding carboxylic acids is 2. The molecular weight excluding hydrogens is 374 g/mol. The Bertz CT molecular complexity index is 1050. The maximum atomic E-state index is 12.9. The second kappa shape index (κ2) is 8.91. The Labute approximate surface area is 176 Å². The number of nitrogens with zero attached hydrogens (tertiary/aromatic N) is 2. The molecule has 152 valence electrons. The van der Waals surface area contributed by atoms with Crippen molar-refractivity contribution in [3.05, 3.63) is 89.7 Å². The van der Waals surface area contributed by atoms with Crippen molar-refractivity contribution in [3.63, 3.8) is 0 Å². The molecule has 1 N–H and O–H groups in total. The van der Waals surface area contributed by atoms with Crippen LogP contribution in [0, 0.1) is 12.8 Å². The molecule has 5 nitrogen and oxygen atoms in total. The van der Waals surface area contributed by atoms with Crippen LogP contribution in [0.25, 0.3) is 11.1 Å². The first-order chi connectivity index (χ1) is 14.6. The van der Waals surface area contributed by atoms with Crippen LogP contribution < -0.4 is 5.32 Å². The van der Waals surface area contributed by atoms with Crippen molar-refractivity contribution in [3.8, 4) is 11.1 Å². The lowest BCUT2D eigenvalue weighted by Crippen LogP contribution is -2.37. The molecule has 1 fully saturated rings. The summed E-state index contributed by atoms with van der Waals surface area (Å²) in [5.41, 5.74) is 5.24. The first-order valence-electron chi connectivity index (χ1n) is 10.2. The highest BCUT2D eigenvalue weighted by atomic mass is 16.2. The van der Waals surface area contributed by atoms with Gasteiger partial charge in [-0.1, -0.05) is 48.5 Å². The van der Waals surface area contributed by atoms with Gasteiger partial charge < -0.3 is 10.2 Å². The topological polar surface area (TPSA) is 62.3 Å². The van der Waals surface area contributed by atoms with Crippen LogP contribution in [-0.2, 0) is 11.2 Å². The Morgan fingerprint density at radius 3 is 2.70 bits per heavy atom. The van der Waals surface area contributed by atoms with E-state index in [1.165, 1.54) is 11.1 Å². The van der Waals surface area contributed by atoms with Crippen LogP contribution >= 0.6 is 0 Å². The molecule has 1 saturated heterocycles. The monoisotopic (exact) mass is 399 g/mol. The van der Waals surface area contributed by atoms with Crippen LogP contribution in [0.4, 0.5) is 0 Å². The Balaban J connectivity index is 1.54. The quantitative estimate of drug-likeness (QED) is 0.731. The minimum atomic E-state index is -0.287. The number of aryl methyl sites for hydroxylation is 1. The van der Waals surface area contributed by atoms with Gasteiger partial charge in [0.05, 0.1) is 5.92 Å². The predicted molar refractivity (Wildman–Crippen MR) is 117 cm³/mol. The van der Waals surface area contributed by atoms with Crippen molar-refractivity contribution < 1.29 is 9.59 Å². The number of benzene rings is 2. The lowest BCUT2D eigenvalue weighted by molar-refractivity contribution is -0.124. The molecule has 3 aromatic rings. The van der Waals surface area contributed by atoms with Crippen molar-refractivity contribution in [2.75, 3.05) is 19.6 Å². The van der Waals surface area contributed by atoms with Crippen LogP contribution in [-0.4, -0.2) is 41.3 Å². The molecule has 2 amide bonds. The van der Waals surface area contributed by atoms with Gasteiger partial charge in [-0.2, -0.15) is 0 Å². The molecule has 2 aromatic carbocycles. The van der Waals surface area contributed by atoms with E-state index < -0.39 is 0 Å². The third-order valence-corrected chi connectivity index (χ3v) is 5.57. The Morgan fingerprint density at radius 2 is 1.90 bits per heavy atom. The third-order valence-electron chi connectivity index (χ3n) is 5.57. The summed E-state index contributed by atoms with van der Waals surface area (Å²) in [6, 6.07) is 20.0. The van der Waals surface area contributed by atoms with Gasteiger partial charge in [0.2, 0.25) is 5.91 Å².